The van der Waals surface area contributed by atoms with Crippen molar-refractivity contribution < 1.29 is 4.42 Å². The zero-order valence-electron chi connectivity index (χ0n) is 8.36. The van der Waals surface area contributed by atoms with Crippen LogP contribution in [0.3, 0.4) is 0 Å². The third-order valence-corrected chi connectivity index (χ3v) is 2.88. The molecule has 0 bridgehead atoms. The fraction of sp³-hybridized carbons (Fsp3) is 0.636. The first kappa shape index (κ1) is 8.82. The summed E-state index contributed by atoms with van der Waals surface area (Å²) >= 11 is 0. The maximum atomic E-state index is 5.06. The van der Waals surface area contributed by atoms with E-state index in [1.807, 2.05) is 6.26 Å². The topological polar surface area (TPSA) is 16.4 Å². The van der Waals surface area contributed by atoms with E-state index in [-0.39, 0.29) is 0 Å². The second-order valence-electron chi connectivity index (χ2n) is 4.25. The standard InChI is InChI=1S/C11H17NO/c1-9-5-10(2)12(6-9)7-11-3-4-13-8-11/h3-4,8-10H,5-7H2,1-2H3. The van der Waals surface area contributed by atoms with Crippen molar-refractivity contribution in [2.75, 3.05) is 6.54 Å². The molecule has 0 radical (unpaired) electrons. The Bertz CT molecular complexity index is 255. The van der Waals surface area contributed by atoms with Crippen LogP contribution in [0, 0.1) is 5.92 Å². The average molecular weight is 179 g/mol. The second kappa shape index (κ2) is 3.54. The number of nitrogens with zero attached hydrogens (tertiary/aromatic N) is 1. The van der Waals surface area contributed by atoms with Gasteiger partial charge in [0.25, 0.3) is 0 Å². The number of hydrogen-bond donors (Lipinski definition) is 0. The first-order valence-electron chi connectivity index (χ1n) is 5.01. The maximum absolute atomic E-state index is 5.06. The molecule has 0 N–H and O–H groups in total. The number of rotatable bonds is 2. The summed E-state index contributed by atoms with van der Waals surface area (Å²) in [6, 6.07) is 2.78. The molecule has 2 heteroatoms. The van der Waals surface area contributed by atoms with Gasteiger partial charge in [-0.15, -0.1) is 0 Å². The SMILES string of the molecule is CC1CC(C)N(Cc2ccoc2)C1. The van der Waals surface area contributed by atoms with Gasteiger partial charge in [-0.1, -0.05) is 6.92 Å². The maximum Gasteiger partial charge on any atom is 0.0947 e. The number of hydrogen-bond acceptors (Lipinski definition) is 2. The molecule has 2 atom stereocenters. The summed E-state index contributed by atoms with van der Waals surface area (Å²) in [5.41, 5.74) is 1.29. The lowest BCUT2D eigenvalue weighted by atomic mass is 10.1. The Morgan fingerprint density at radius 3 is 2.92 bits per heavy atom. The lowest BCUT2D eigenvalue weighted by Crippen LogP contribution is -2.26. The van der Waals surface area contributed by atoms with Crippen LogP contribution in [-0.4, -0.2) is 17.5 Å². The largest absolute Gasteiger partial charge is 0.472 e. The molecule has 2 rings (SSSR count). The Hall–Kier alpha value is -0.760. The molecule has 1 fully saturated rings. The Labute approximate surface area is 79.5 Å². The fourth-order valence-electron chi connectivity index (χ4n) is 2.22. The number of likely N-dealkylation sites (tertiary alicyclic amines) is 1. The first-order chi connectivity index (χ1) is 6.25. The second-order valence-corrected chi connectivity index (χ2v) is 4.25. The van der Waals surface area contributed by atoms with Gasteiger partial charge in [-0.2, -0.15) is 0 Å². The number of furan rings is 1. The Balaban J connectivity index is 1.95. The van der Waals surface area contributed by atoms with E-state index in [0.29, 0.717) is 0 Å². The Kier molecular flexibility index (Phi) is 2.40. The first-order valence-corrected chi connectivity index (χ1v) is 5.01. The summed E-state index contributed by atoms with van der Waals surface area (Å²) in [6.07, 6.45) is 4.92. The Morgan fingerprint density at radius 2 is 2.38 bits per heavy atom. The predicted molar refractivity (Wildman–Crippen MR) is 52.4 cm³/mol. The van der Waals surface area contributed by atoms with E-state index in [9.17, 15) is 0 Å². The van der Waals surface area contributed by atoms with Gasteiger partial charge in [-0.25, -0.2) is 0 Å². The molecule has 2 unspecified atom stereocenters. The summed E-state index contributed by atoms with van der Waals surface area (Å²) in [7, 11) is 0. The van der Waals surface area contributed by atoms with Gasteiger partial charge in [0, 0.05) is 24.7 Å². The van der Waals surface area contributed by atoms with E-state index in [1.54, 1.807) is 6.26 Å². The van der Waals surface area contributed by atoms with E-state index < -0.39 is 0 Å². The minimum Gasteiger partial charge on any atom is -0.472 e. The molecule has 1 aromatic heterocycles. The van der Waals surface area contributed by atoms with Gasteiger partial charge in [0.15, 0.2) is 0 Å². The van der Waals surface area contributed by atoms with Gasteiger partial charge in [0.1, 0.15) is 0 Å². The van der Waals surface area contributed by atoms with E-state index in [2.05, 4.69) is 24.8 Å². The zero-order valence-corrected chi connectivity index (χ0v) is 8.36. The van der Waals surface area contributed by atoms with Crippen LogP contribution in [0.15, 0.2) is 23.0 Å². The summed E-state index contributed by atoms with van der Waals surface area (Å²) in [5, 5.41) is 0. The van der Waals surface area contributed by atoms with Gasteiger partial charge in [0.05, 0.1) is 12.5 Å². The van der Waals surface area contributed by atoms with Gasteiger partial charge >= 0.3 is 0 Å². The molecule has 1 aliphatic heterocycles. The van der Waals surface area contributed by atoms with Gasteiger partial charge in [-0.3, -0.25) is 4.90 Å². The lowest BCUT2D eigenvalue weighted by Gasteiger charge is -2.19. The Morgan fingerprint density at radius 1 is 1.54 bits per heavy atom. The van der Waals surface area contributed by atoms with Crippen LogP contribution in [0.4, 0.5) is 0 Å². The van der Waals surface area contributed by atoms with Crippen molar-refractivity contribution in [2.45, 2.75) is 32.9 Å². The molecule has 1 aromatic rings. The summed E-state index contributed by atoms with van der Waals surface area (Å²) in [6.45, 7) is 6.91. The lowest BCUT2D eigenvalue weighted by molar-refractivity contribution is 0.256. The van der Waals surface area contributed by atoms with E-state index in [4.69, 9.17) is 4.42 Å². The molecule has 2 nitrogen and oxygen atoms in total. The monoisotopic (exact) mass is 179 g/mol. The molecule has 13 heavy (non-hydrogen) atoms. The highest BCUT2D eigenvalue weighted by Gasteiger charge is 2.25. The molecule has 72 valence electrons. The van der Waals surface area contributed by atoms with Crippen LogP contribution in [-0.2, 0) is 6.54 Å². The van der Waals surface area contributed by atoms with Gasteiger partial charge in [-0.05, 0) is 25.3 Å². The minimum atomic E-state index is 0.727. The van der Waals surface area contributed by atoms with Crippen molar-refractivity contribution >= 4 is 0 Å². The third-order valence-electron chi connectivity index (χ3n) is 2.88. The molecule has 0 saturated carbocycles. The normalized spacial score (nSPS) is 29.7. The van der Waals surface area contributed by atoms with Crippen molar-refractivity contribution in [3.63, 3.8) is 0 Å². The summed E-state index contributed by atoms with van der Waals surface area (Å²) in [5.74, 6) is 0.849. The quantitative estimate of drug-likeness (QED) is 0.693. The van der Waals surface area contributed by atoms with Crippen molar-refractivity contribution in [2.24, 2.45) is 5.92 Å². The highest BCUT2D eigenvalue weighted by atomic mass is 16.3. The zero-order chi connectivity index (χ0) is 9.26. The summed E-state index contributed by atoms with van der Waals surface area (Å²) < 4.78 is 5.06. The molecule has 0 amide bonds. The fourth-order valence-corrected chi connectivity index (χ4v) is 2.22. The van der Waals surface area contributed by atoms with Crippen molar-refractivity contribution in [3.8, 4) is 0 Å². The van der Waals surface area contributed by atoms with Gasteiger partial charge < -0.3 is 4.42 Å². The van der Waals surface area contributed by atoms with Crippen molar-refractivity contribution in [3.05, 3.63) is 24.2 Å². The molecule has 0 spiro atoms. The average Bonchev–Trinajstić information content (AvgIpc) is 2.63. The van der Waals surface area contributed by atoms with E-state index in [1.165, 1.54) is 18.5 Å². The van der Waals surface area contributed by atoms with Crippen LogP contribution in [0.5, 0.6) is 0 Å². The smallest absolute Gasteiger partial charge is 0.0947 e. The molecule has 1 aliphatic rings. The summed E-state index contributed by atoms with van der Waals surface area (Å²) in [4.78, 5) is 2.52. The molecular formula is C11H17NO. The van der Waals surface area contributed by atoms with E-state index in [0.717, 1.165) is 18.5 Å². The van der Waals surface area contributed by atoms with Gasteiger partial charge in [0.2, 0.25) is 0 Å². The van der Waals surface area contributed by atoms with Crippen molar-refractivity contribution in [1.29, 1.82) is 0 Å². The third kappa shape index (κ3) is 1.94. The van der Waals surface area contributed by atoms with E-state index >= 15 is 0 Å². The van der Waals surface area contributed by atoms with Crippen molar-refractivity contribution in [1.82, 2.24) is 4.90 Å². The van der Waals surface area contributed by atoms with Crippen LogP contribution >= 0.6 is 0 Å². The molecule has 1 saturated heterocycles. The van der Waals surface area contributed by atoms with Crippen LogP contribution in [0.2, 0.25) is 0 Å². The van der Waals surface area contributed by atoms with Crippen LogP contribution < -0.4 is 0 Å². The molecular weight excluding hydrogens is 162 g/mol. The minimum absolute atomic E-state index is 0.727. The molecule has 0 aromatic carbocycles. The molecule has 0 aliphatic carbocycles. The predicted octanol–water partition coefficient (Wildman–Crippen LogP) is 2.51. The highest BCUT2D eigenvalue weighted by Crippen LogP contribution is 2.24. The van der Waals surface area contributed by atoms with Crippen LogP contribution in [0.25, 0.3) is 0 Å². The molecule has 2 heterocycles. The highest BCUT2D eigenvalue weighted by molar-refractivity contribution is 5.05. The van der Waals surface area contributed by atoms with Crippen LogP contribution in [0.1, 0.15) is 25.8 Å².